The summed E-state index contributed by atoms with van der Waals surface area (Å²) in [5.74, 6) is -0.257. The molecule has 106 valence electrons. The Labute approximate surface area is 122 Å². The Bertz CT molecular complexity index is 651. The maximum atomic E-state index is 12.0. The minimum atomic E-state index is -0.472. The predicted molar refractivity (Wildman–Crippen MR) is 80.9 cm³/mol. The molecule has 5 heteroatoms. The summed E-state index contributed by atoms with van der Waals surface area (Å²) in [6, 6.07) is 15.4. The molecule has 0 aromatic heterocycles. The first-order valence-electron chi connectivity index (χ1n) is 6.34. The van der Waals surface area contributed by atoms with E-state index in [2.05, 4.69) is 6.58 Å². The number of carbonyl (C=O) groups is 1. The highest BCUT2D eigenvalue weighted by Gasteiger charge is 2.14. The van der Waals surface area contributed by atoms with Crippen LogP contribution in [0.5, 0.6) is 0 Å². The summed E-state index contributed by atoms with van der Waals surface area (Å²) in [4.78, 5) is 23.7. The van der Waals surface area contributed by atoms with Gasteiger partial charge in [-0.3, -0.25) is 14.9 Å². The Morgan fingerprint density at radius 1 is 1.14 bits per heavy atom. The average Bonchev–Trinajstić information content (AvgIpc) is 2.53. The van der Waals surface area contributed by atoms with Crippen LogP contribution in [0.3, 0.4) is 0 Å². The van der Waals surface area contributed by atoms with E-state index >= 15 is 0 Å². The standard InChI is InChI=1S/C16H14N2O3/c1-2-16(19)17(12-13-6-4-3-5-7-13)14-8-10-15(11-9-14)18(20)21/h2-11H,1,12H2. The number of rotatable bonds is 5. The number of carbonyl (C=O) groups excluding carboxylic acids is 1. The summed E-state index contributed by atoms with van der Waals surface area (Å²) in [7, 11) is 0. The number of anilines is 1. The van der Waals surface area contributed by atoms with E-state index in [4.69, 9.17) is 0 Å². The third-order valence-corrected chi connectivity index (χ3v) is 3.00. The number of hydrogen-bond acceptors (Lipinski definition) is 3. The molecule has 0 saturated carbocycles. The lowest BCUT2D eigenvalue weighted by Gasteiger charge is -2.21. The molecule has 0 aliphatic rings. The Kier molecular flexibility index (Phi) is 4.46. The van der Waals surface area contributed by atoms with Crippen molar-refractivity contribution in [1.29, 1.82) is 0 Å². The second kappa shape index (κ2) is 6.47. The molecule has 0 bridgehead atoms. The molecule has 0 atom stereocenters. The van der Waals surface area contributed by atoms with Crippen LogP contribution in [0, 0.1) is 10.1 Å². The number of nitro benzene ring substituents is 1. The minimum absolute atomic E-state index is 0.00976. The third-order valence-electron chi connectivity index (χ3n) is 3.00. The second-order valence-electron chi connectivity index (χ2n) is 4.39. The van der Waals surface area contributed by atoms with Crippen LogP contribution in [0.4, 0.5) is 11.4 Å². The largest absolute Gasteiger partial charge is 0.304 e. The summed E-state index contributed by atoms with van der Waals surface area (Å²) < 4.78 is 0. The molecular weight excluding hydrogens is 268 g/mol. The summed E-state index contributed by atoms with van der Waals surface area (Å²) in [5.41, 5.74) is 1.55. The highest BCUT2D eigenvalue weighted by atomic mass is 16.6. The number of nitro groups is 1. The Hall–Kier alpha value is -2.95. The van der Waals surface area contributed by atoms with Gasteiger partial charge in [-0.1, -0.05) is 36.9 Å². The molecule has 0 spiro atoms. The first-order valence-corrected chi connectivity index (χ1v) is 6.34. The number of hydrogen-bond donors (Lipinski definition) is 0. The van der Waals surface area contributed by atoms with E-state index in [1.807, 2.05) is 30.3 Å². The van der Waals surface area contributed by atoms with Gasteiger partial charge in [0.2, 0.25) is 0 Å². The van der Waals surface area contributed by atoms with Crippen molar-refractivity contribution in [1.82, 2.24) is 0 Å². The van der Waals surface area contributed by atoms with E-state index in [1.54, 1.807) is 12.1 Å². The van der Waals surface area contributed by atoms with Crippen molar-refractivity contribution in [2.24, 2.45) is 0 Å². The molecule has 0 fully saturated rings. The van der Waals surface area contributed by atoms with E-state index < -0.39 is 4.92 Å². The van der Waals surface area contributed by atoms with Crippen LogP contribution in [0.25, 0.3) is 0 Å². The fraction of sp³-hybridized carbons (Fsp3) is 0.0625. The number of amides is 1. The molecule has 2 rings (SSSR count). The van der Waals surface area contributed by atoms with E-state index in [1.165, 1.54) is 23.1 Å². The van der Waals surface area contributed by atoms with Gasteiger partial charge in [-0.25, -0.2) is 0 Å². The normalized spacial score (nSPS) is 9.90. The fourth-order valence-electron chi connectivity index (χ4n) is 1.93. The molecule has 0 aliphatic carbocycles. The molecule has 0 unspecified atom stereocenters. The van der Waals surface area contributed by atoms with Crippen LogP contribution >= 0.6 is 0 Å². The first-order chi connectivity index (χ1) is 10.1. The zero-order chi connectivity index (χ0) is 15.2. The summed E-state index contributed by atoms with van der Waals surface area (Å²) in [5, 5.41) is 10.7. The minimum Gasteiger partial charge on any atom is -0.304 e. The van der Waals surface area contributed by atoms with Gasteiger partial charge in [-0.2, -0.15) is 0 Å². The van der Waals surface area contributed by atoms with Crippen molar-refractivity contribution < 1.29 is 9.72 Å². The van der Waals surface area contributed by atoms with Crippen LogP contribution in [-0.2, 0) is 11.3 Å². The van der Waals surface area contributed by atoms with Gasteiger partial charge in [0, 0.05) is 17.8 Å². The topological polar surface area (TPSA) is 63.5 Å². The molecule has 0 N–H and O–H groups in total. The molecule has 0 aliphatic heterocycles. The Balaban J connectivity index is 2.29. The molecule has 0 saturated heterocycles. The lowest BCUT2D eigenvalue weighted by molar-refractivity contribution is -0.384. The second-order valence-corrected chi connectivity index (χ2v) is 4.39. The van der Waals surface area contributed by atoms with Gasteiger partial charge in [0.1, 0.15) is 0 Å². The Morgan fingerprint density at radius 2 is 1.76 bits per heavy atom. The molecule has 21 heavy (non-hydrogen) atoms. The lowest BCUT2D eigenvalue weighted by atomic mass is 10.2. The summed E-state index contributed by atoms with van der Waals surface area (Å²) in [6.07, 6.45) is 1.23. The van der Waals surface area contributed by atoms with Crippen LogP contribution in [0.15, 0.2) is 67.3 Å². The molecule has 5 nitrogen and oxygen atoms in total. The molecule has 1 amide bonds. The van der Waals surface area contributed by atoms with Crippen molar-refractivity contribution in [3.8, 4) is 0 Å². The van der Waals surface area contributed by atoms with Crippen LogP contribution in [0.2, 0.25) is 0 Å². The predicted octanol–water partition coefficient (Wildman–Crippen LogP) is 3.31. The number of non-ortho nitro benzene ring substituents is 1. The van der Waals surface area contributed by atoms with E-state index in [-0.39, 0.29) is 11.6 Å². The average molecular weight is 282 g/mol. The monoisotopic (exact) mass is 282 g/mol. The van der Waals surface area contributed by atoms with Gasteiger partial charge in [0.15, 0.2) is 0 Å². The lowest BCUT2D eigenvalue weighted by Crippen LogP contribution is -2.28. The number of nitrogens with zero attached hydrogens (tertiary/aromatic N) is 2. The van der Waals surface area contributed by atoms with Gasteiger partial charge >= 0.3 is 0 Å². The van der Waals surface area contributed by atoms with Gasteiger partial charge in [-0.05, 0) is 23.8 Å². The van der Waals surface area contributed by atoms with Crippen molar-refractivity contribution in [3.05, 3.63) is 82.9 Å². The van der Waals surface area contributed by atoms with E-state index in [0.29, 0.717) is 12.2 Å². The van der Waals surface area contributed by atoms with Gasteiger partial charge < -0.3 is 4.90 Å². The third kappa shape index (κ3) is 3.54. The maximum absolute atomic E-state index is 12.0. The highest BCUT2D eigenvalue weighted by Crippen LogP contribution is 2.21. The SMILES string of the molecule is C=CC(=O)N(Cc1ccccc1)c1ccc([N+](=O)[O-])cc1. The van der Waals surface area contributed by atoms with Gasteiger partial charge in [0.05, 0.1) is 11.5 Å². The van der Waals surface area contributed by atoms with Crippen molar-refractivity contribution >= 4 is 17.3 Å². The number of benzene rings is 2. The van der Waals surface area contributed by atoms with Crippen molar-refractivity contribution in [2.45, 2.75) is 6.54 Å². The van der Waals surface area contributed by atoms with Crippen LogP contribution in [-0.4, -0.2) is 10.8 Å². The summed E-state index contributed by atoms with van der Waals surface area (Å²) >= 11 is 0. The quantitative estimate of drug-likeness (QED) is 0.480. The zero-order valence-corrected chi connectivity index (χ0v) is 11.3. The molecule has 2 aromatic rings. The van der Waals surface area contributed by atoms with E-state index in [9.17, 15) is 14.9 Å². The first kappa shape index (κ1) is 14.5. The molecule has 2 aromatic carbocycles. The van der Waals surface area contributed by atoms with Crippen LogP contribution < -0.4 is 4.90 Å². The maximum Gasteiger partial charge on any atom is 0.269 e. The smallest absolute Gasteiger partial charge is 0.269 e. The molecular formula is C16H14N2O3. The molecule has 0 heterocycles. The fourth-order valence-corrected chi connectivity index (χ4v) is 1.93. The van der Waals surface area contributed by atoms with Crippen molar-refractivity contribution in [3.63, 3.8) is 0 Å². The zero-order valence-electron chi connectivity index (χ0n) is 11.3. The molecule has 0 radical (unpaired) electrons. The van der Waals surface area contributed by atoms with Gasteiger partial charge in [-0.15, -0.1) is 0 Å². The van der Waals surface area contributed by atoms with Gasteiger partial charge in [0.25, 0.3) is 11.6 Å². The Morgan fingerprint density at radius 3 is 2.29 bits per heavy atom. The van der Waals surface area contributed by atoms with E-state index in [0.717, 1.165) is 5.56 Å². The van der Waals surface area contributed by atoms with Crippen LogP contribution in [0.1, 0.15) is 5.56 Å². The van der Waals surface area contributed by atoms with Crippen molar-refractivity contribution in [2.75, 3.05) is 4.90 Å². The summed E-state index contributed by atoms with van der Waals surface area (Å²) in [6.45, 7) is 3.87. The highest BCUT2D eigenvalue weighted by molar-refractivity contribution is 6.01.